The fourth-order valence-electron chi connectivity index (χ4n) is 1.69. The van der Waals surface area contributed by atoms with Crippen molar-refractivity contribution >= 4 is 27.5 Å². The first-order valence-corrected chi connectivity index (χ1v) is 6.41. The zero-order chi connectivity index (χ0) is 12.1. The maximum atomic E-state index is 11.6. The Morgan fingerprint density at radius 3 is 2.88 bits per heavy atom. The fourth-order valence-corrected chi connectivity index (χ4v) is 1.96. The standard InChI is InChI=1S/C12H15BrN2O2/c13-9-1-3-10(4-2-9)15-12(16)8-17-11-5-6-14-7-11/h1-4,11,14H,5-8H2,(H,15,16). The van der Waals surface area contributed by atoms with Crippen LogP contribution in [0.4, 0.5) is 5.69 Å². The van der Waals surface area contributed by atoms with Crippen LogP contribution in [-0.2, 0) is 9.53 Å². The molecule has 0 spiro atoms. The van der Waals surface area contributed by atoms with Gasteiger partial charge in [0.2, 0.25) is 5.91 Å². The smallest absolute Gasteiger partial charge is 0.250 e. The average Bonchev–Trinajstić information content (AvgIpc) is 2.83. The highest BCUT2D eigenvalue weighted by molar-refractivity contribution is 9.10. The molecule has 92 valence electrons. The zero-order valence-electron chi connectivity index (χ0n) is 9.41. The van der Waals surface area contributed by atoms with Crippen LogP contribution in [0.1, 0.15) is 6.42 Å². The number of carbonyl (C=O) groups excluding carboxylic acids is 1. The largest absolute Gasteiger partial charge is 0.367 e. The van der Waals surface area contributed by atoms with Crippen molar-refractivity contribution < 1.29 is 9.53 Å². The van der Waals surface area contributed by atoms with Crippen molar-refractivity contribution in [3.05, 3.63) is 28.7 Å². The summed E-state index contributed by atoms with van der Waals surface area (Å²) in [7, 11) is 0. The normalized spacial score (nSPS) is 19.2. The molecule has 4 nitrogen and oxygen atoms in total. The molecule has 1 atom stereocenters. The van der Waals surface area contributed by atoms with Crippen LogP contribution in [0.3, 0.4) is 0 Å². The molecule has 1 aromatic rings. The van der Waals surface area contributed by atoms with Crippen molar-refractivity contribution in [2.24, 2.45) is 0 Å². The number of amides is 1. The predicted octanol–water partition coefficient (Wildman–Crippen LogP) is 1.77. The summed E-state index contributed by atoms with van der Waals surface area (Å²) >= 11 is 3.34. The number of benzene rings is 1. The van der Waals surface area contributed by atoms with E-state index in [-0.39, 0.29) is 18.6 Å². The van der Waals surface area contributed by atoms with Gasteiger partial charge in [-0.25, -0.2) is 0 Å². The van der Waals surface area contributed by atoms with E-state index in [4.69, 9.17) is 4.74 Å². The Morgan fingerprint density at radius 2 is 2.24 bits per heavy atom. The highest BCUT2D eigenvalue weighted by Gasteiger charge is 2.15. The van der Waals surface area contributed by atoms with Crippen LogP contribution in [0.5, 0.6) is 0 Å². The van der Waals surface area contributed by atoms with Gasteiger partial charge in [-0.2, -0.15) is 0 Å². The highest BCUT2D eigenvalue weighted by atomic mass is 79.9. The number of hydrogen-bond acceptors (Lipinski definition) is 3. The van der Waals surface area contributed by atoms with E-state index < -0.39 is 0 Å². The van der Waals surface area contributed by atoms with Crippen LogP contribution in [0.15, 0.2) is 28.7 Å². The molecule has 0 aliphatic carbocycles. The molecule has 1 saturated heterocycles. The first-order valence-electron chi connectivity index (χ1n) is 5.62. The first kappa shape index (κ1) is 12.5. The van der Waals surface area contributed by atoms with Gasteiger partial charge in [-0.1, -0.05) is 15.9 Å². The van der Waals surface area contributed by atoms with Gasteiger partial charge in [0.05, 0.1) is 6.10 Å². The number of ether oxygens (including phenoxy) is 1. The van der Waals surface area contributed by atoms with Crippen molar-refractivity contribution in [1.82, 2.24) is 5.32 Å². The summed E-state index contributed by atoms with van der Waals surface area (Å²) in [5, 5.41) is 5.98. The van der Waals surface area contributed by atoms with Gasteiger partial charge in [-0.05, 0) is 37.2 Å². The van der Waals surface area contributed by atoms with Crippen LogP contribution in [0.2, 0.25) is 0 Å². The Hall–Kier alpha value is -0.910. The summed E-state index contributed by atoms with van der Waals surface area (Å²) in [6.45, 7) is 1.92. The minimum Gasteiger partial charge on any atom is -0.367 e. The molecule has 2 rings (SSSR count). The van der Waals surface area contributed by atoms with Crippen LogP contribution in [0, 0.1) is 0 Å². The third-order valence-electron chi connectivity index (χ3n) is 2.59. The van der Waals surface area contributed by atoms with Crippen LogP contribution < -0.4 is 10.6 Å². The Kier molecular flexibility index (Phi) is 4.53. The number of rotatable bonds is 4. The summed E-state index contributed by atoms with van der Waals surface area (Å²) in [4.78, 5) is 11.6. The third kappa shape index (κ3) is 4.11. The number of carbonyl (C=O) groups is 1. The molecule has 1 heterocycles. The van der Waals surface area contributed by atoms with Crippen molar-refractivity contribution in [2.75, 3.05) is 25.0 Å². The molecule has 0 bridgehead atoms. The maximum absolute atomic E-state index is 11.6. The number of anilines is 1. The van der Waals surface area contributed by atoms with E-state index in [9.17, 15) is 4.79 Å². The van der Waals surface area contributed by atoms with E-state index in [1.54, 1.807) is 0 Å². The topological polar surface area (TPSA) is 50.4 Å². The maximum Gasteiger partial charge on any atom is 0.250 e. The second-order valence-corrected chi connectivity index (χ2v) is 4.90. The molecule has 5 heteroatoms. The molecule has 1 fully saturated rings. The molecule has 0 saturated carbocycles. The summed E-state index contributed by atoms with van der Waals surface area (Å²) < 4.78 is 6.47. The summed E-state index contributed by atoms with van der Waals surface area (Å²) in [5.41, 5.74) is 0.784. The van der Waals surface area contributed by atoms with Gasteiger partial charge in [-0.3, -0.25) is 4.79 Å². The van der Waals surface area contributed by atoms with Crippen LogP contribution in [0.25, 0.3) is 0 Å². The number of halogens is 1. The second-order valence-electron chi connectivity index (χ2n) is 3.98. The summed E-state index contributed by atoms with van der Waals surface area (Å²) in [6, 6.07) is 7.47. The molecule has 1 aliphatic rings. The van der Waals surface area contributed by atoms with Crippen molar-refractivity contribution in [3.8, 4) is 0 Å². The summed E-state index contributed by atoms with van der Waals surface area (Å²) in [6.07, 6.45) is 1.15. The number of nitrogens with one attached hydrogen (secondary N) is 2. The second kappa shape index (κ2) is 6.14. The van der Waals surface area contributed by atoms with Gasteiger partial charge in [0.25, 0.3) is 0 Å². The van der Waals surface area contributed by atoms with Gasteiger partial charge in [0, 0.05) is 16.7 Å². The minimum atomic E-state index is -0.112. The third-order valence-corrected chi connectivity index (χ3v) is 3.12. The molecule has 1 aromatic carbocycles. The Morgan fingerprint density at radius 1 is 1.47 bits per heavy atom. The molecule has 1 aliphatic heterocycles. The lowest BCUT2D eigenvalue weighted by molar-refractivity contribution is -0.122. The first-order chi connectivity index (χ1) is 8.24. The molecule has 2 N–H and O–H groups in total. The molecule has 1 amide bonds. The van der Waals surface area contributed by atoms with Gasteiger partial charge < -0.3 is 15.4 Å². The Bertz CT molecular complexity index is 375. The van der Waals surface area contributed by atoms with E-state index in [2.05, 4.69) is 26.6 Å². The molecule has 17 heavy (non-hydrogen) atoms. The SMILES string of the molecule is O=C(COC1CCNC1)Nc1ccc(Br)cc1. The van der Waals surface area contributed by atoms with Crippen LogP contribution in [-0.4, -0.2) is 31.7 Å². The van der Waals surface area contributed by atoms with Crippen molar-refractivity contribution in [3.63, 3.8) is 0 Å². The number of hydrogen-bond donors (Lipinski definition) is 2. The van der Waals surface area contributed by atoms with Gasteiger partial charge >= 0.3 is 0 Å². The molecule has 0 aromatic heterocycles. The predicted molar refractivity (Wildman–Crippen MR) is 70.0 cm³/mol. The van der Waals surface area contributed by atoms with Gasteiger partial charge in [-0.15, -0.1) is 0 Å². The monoisotopic (exact) mass is 298 g/mol. The molecule has 0 radical (unpaired) electrons. The Balaban J connectivity index is 1.74. The van der Waals surface area contributed by atoms with Gasteiger partial charge in [0.15, 0.2) is 0 Å². The lowest BCUT2D eigenvalue weighted by Gasteiger charge is -2.10. The van der Waals surface area contributed by atoms with E-state index in [1.165, 1.54) is 0 Å². The lowest BCUT2D eigenvalue weighted by atomic mass is 10.3. The highest BCUT2D eigenvalue weighted by Crippen LogP contribution is 2.14. The minimum absolute atomic E-state index is 0.112. The van der Waals surface area contributed by atoms with Crippen molar-refractivity contribution in [2.45, 2.75) is 12.5 Å². The fraction of sp³-hybridized carbons (Fsp3) is 0.417. The summed E-state index contributed by atoms with van der Waals surface area (Å²) in [5.74, 6) is -0.112. The molecular weight excluding hydrogens is 284 g/mol. The quantitative estimate of drug-likeness (QED) is 0.891. The molecular formula is C12H15BrN2O2. The van der Waals surface area contributed by atoms with Crippen LogP contribution >= 0.6 is 15.9 Å². The van der Waals surface area contributed by atoms with Crippen molar-refractivity contribution in [1.29, 1.82) is 0 Å². The van der Waals surface area contributed by atoms with E-state index in [1.807, 2.05) is 24.3 Å². The van der Waals surface area contributed by atoms with E-state index >= 15 is 0 Å². The average molecular weight is 299 g/mol. The van der Waals surface area contributed by atoms with Gasteiger partial charge in [0.1, 0.15) is 6.61 Å². The van der Waals surface area contributed by atoms with E-state index in [0.29, 0.717) is 0 Å². The molecule has 1 unspecified atom stereocenters. The van der Waals surface area contributed by atoms with E-state index in [0.717, 1.165) is 29.7 Å². The zero-order valence-corrected chi connectivity index (χ0v) is 11.0. The Labute approximate surface area is 109 Å². The lowest BCUT2D eigenvalue weighted by Crippen LogP contribution is -2.24.